The number of para-hydroxylation sites is 1. The van der Waals surface area contributed by atoms with E-state index in [1.807, 2.05) is 42.7 Å². The summed E-state index contributed by atoms with van der Waals surface area (Å²) in [5, 5.41) is 14.8. The molecule has 4 rings (SSSR count). The molecule has 1 atom stereocenters. The Hall–Kier alpha value is -3.64. The van der Waals surface area contributed by atoms with Gasteiger partial charge < -0.3 is 9.88 Å². The number of hydrogen-bond donors (Lipinski definition) is 1. The zero-order chi connectivity index (χ0) is 23.2. The molecule has 0 amide bonds. The van der Waals surface area contributed by atoms with Crippen molar-refractivity contribution >= 4 is 23.0 Å². The standard InChI is InChI=1S/C26H25ClN4O2/c1-19-25(21-11-6-3-7-12-21)29-18-30(19)22(17-20-9-4-2-5-10-20)15-16-28-24-14-8-13-23(27)26(24)31(32)33/h2-14,18,22,28H,15-17H2,1H3. The van der Waals surface area contributed by atoms with Crippen molar-refractivity contribution < 1.29 is 4.92 Å². The predicted octanol–water partition coefficient (Wildman–Crippen LogP) is 6.71. The third kappa shape index (κ3) is 5.23. The Morgan fingerprint density at radius 3 is 2.42 bits per heavy atom. The second kappa shape index (κ2) is 10.3. The lowest BCUT2D eigenvalue weighted by Gasteiger charge is -2.21. The van der Waals surface area contributed by atoms with Gasteiger partial charge in [-0.15, -0.1) is 0 Å². The Balaban J connectivity index is 1.57. The van der Waals surface area contributed by atoms with Gasteiger partial charge in [-0.3, -0.25) is 10.1 Å². The van der Waals surface area contributed by atoms with Crippen molar-refractivity contribution in [3.05, 3.63) is 112 Å². The van der Waals surface area contributed by atoms with E-state index >= 15 is 0 Å². The van der Waals surface area contributed by atoms with E-state index in [0.29, 0.717) is 12.2 Å². The number of benzene rings is 3. The molecule has 0 saturated heterocycles. The molecule has 4 aromatic rings. The van der Waals surface area contributed by atoms with Crippen LogP contribution < -0.4 is 5.32 Å². The average Bonchev–Trinajstić information content (AvgIpc) is 3.20. The van der Waals surface area contributed by atoms with E-state index in [2.05, 4.69) is 41.1 Å². The first-order valence-corrected chi connectivity index (χ1v) is 11.2. The van der Waals surface area contributed by atoms with Crippen molar-refractivity contribution in [3.8, 4) is 11.3 Å². The lowest BCUT2D eigenvalue weighted by atomic mass is 10.0. The Morgan fingerprint density at radius 2 is 1.73 bits per heavy atom. The van der Waals surface area contributed by atoms with Crippen LogP contribution in [0.5, 0.6) is 0 Å². The minimum Gasteiger partial charge on any atom is -0.379 e. The van der Waals surface area contributed by atoms with Crippen LogP contribution in [0.2, 0.25) is 5.02 Å². The maximum Gasteiger partial charge on any atom is 0.310 e. The number of nitrogens with zero attached hydrogens (tertiary/aromatic N) is 3. The summed E-state index contributed by atoms with van der Waals surface area (Å²) in [4.78, 5) is 15.7. The Labute approximate surface area is 198 Å². The molecule has 6 nitrogen and oxygen atoms in total. The Bertz CT molecular complexity index is 1230. The molecule has 1 heterocycles. The predicted molar refractivity (Wildman–Crippen MR) is 133 cm³/mol. The molecule has 0 spiro atoms. The quantitative estimate of drug-likeness (QED) is 0.222. The third-order valence-electron chi connectivity index (χ3n) is 5.76. The number of anilines is 1. The molecule has 168 valence electrons. The Morgan fingerprint density at radius 1 is 1.03 bits per heavy atom. The van der Waals surface area contributed by atoms with Gasteiger partial charge in [-0.05, 0) is 37.5 Å². The number of imidazole rings is 1. The van der Waals surface area contributed by atoms with Gasteiger partial charge >= 0.3 is 5.69 Å². The molecule has 1 N–H and O–H groups in total. The van der Waals surface area contributed by atoms with Crippen molar-refractivity contribution in [1.82, 2.24) is 9.55 Å². The van der Waals surface area contributed by atoms with E-state index in [-0.39, 0.29) is 16.8 Å². The summed E-state index contributed by atoms with van der Waals surface area (Å²) in [6, 6.07) is 25.5. The normalized spacial score (nSPS) is 11.8. The molecule has 0 bridgehead atoms. The van der Waals surface area contributed by atoms with Crippen LogP contribution in [-0.2, 0) is 6.42 Å². The molecule has 1 aromatic heterocycles. The van der Waals surface area contributed by atoms with Gasteiger partial charge in [0.2, 0.25) is 0 Å². The zero-order valence-corrected chi connectivity index (χ0v) is 19.1. The molecular weight excluding hydrogens is 436 g/mol. The topological polar surface area (TPSA) is 73.0 Å². The molecule has 0 aliphatic heterocycles. The minimum atomic E-state index is -0.446. The number of halogens is 1. The van der Waals surface area contributed by atoms with Crippen LogP contribution in [0, 0.1) is 17.0 Å². The molecule has 0 radical (unpaired) electrons. The molecule has 0 aliphatic carbocycles. The lowest BCUT2D eigenvalue weighted by molar-refractivity contribution is -0.383. The summed E-state index contributed by atoms with van der Waals surface area (Å²) >= 11 is 6.06. The molecule has 3 aromatic carbocycles. The maximum absolute atomic E-state index is 11.5. The van der Waals surface area contributed by atoms with Crippen LogP contribution >= 0.6 is 11.6 Å². The number of nitro groups is 1. The average molecular weight is 461 g/mol. The van der Waals surface area contributed by atoms with E-state index in [9.17, 15) is 10.1 Å². The van der Waals surface area contributed by atoms with Crippen molar-refractivity contribution in [2.75, 3.05) is 11.9 Å². The highest BCUT2D eigenvalue weighted by Gasteiger charge is 2.20. The van der Waals surface area contributed by atoms with Crippen LogP contribution in [0.1, 0.15) is 23.7 Å². The monoisotopic (exact) mass is 460 g/mol. The van der Waals surface area contributed by atoms with Crippen LogP contribution in [-0.4, -0.2) is 21.0 Å². The minimum absolute atomic E-state index is 0.0936. The van der Waals surface area contributed by atoms with Gasteiger partial charge in [-0.1, -0.05) is 78.3 Å². The number of aromatic nitrogens is 2. The fourth-order valence-corrected chi connectivity index (χ4v) is 4.36. The van der Waals surface area contributed by atoms with Crippen LogP contribution in [0.15, 0.2) is 85.2 Å². The van der Waals surface area contributed by atoms with Gasteiger partial charge in [0, 0.05) is 23.8 Å². The maximum atomic E-state index is 11.5. The van der Waals surface area contributed by atoms with Crippen molar-refractivity contribution in [2.24, 2.45) is 0 Å². The van der Waals surface area contributed by atoms with Crippen LogP contribution in [0.4, 0.5) is 11.4 Å². The van der Waals surface area contributed by atoms with E-state index in [1.165, 1.54) is 11.6 Å². The highest BCUT2D eigenvalue weighted by atomic mass is 35.5. The number of hydrogen-bond acceptors (Lipinski definition) is 4. The largest absolute Gasteiger partial charge is 0.379 e. The molecule has 0 saturated carbocycles. The van der Waals surface area contributed by atoms with E-state index in [1.54, 1.807) is 12.1 Å². The van der Waals surface area contributed by atoms with Crippen LogP contribution in [0.25, 0.3) is 11.3 Å². The summed E-state index contributed by atoms with van der Waals surface area (Å²) in [6.07, 6.45) is 3.47. The van der Waals surface area contributed by atoms with E-state index in [4.69, 9.17) is 16.6 Å². The summed E-state index contributed by atoms with van der Waals surface area (Å²) in [5.41, 5.74) is 4.70. The van der Waals surface area contributed by atoms with Gasteiger partial charge in [0.05, 0.1) is 16.9 Å². The van der Waals surface area contributed by atoms with Crippen LogP contribution in [0.3, 0.4) is 0 Å². The smallest absolute Gasteiger partial charge is 0.310 e. The molecule has 7 heteroatoms. The molecular formula is C26H25ClN4O2. The van der Waals surface area contributed by atoms with E-state index in [0.717, 1.165) is 29.8 Å². The highest BCUT2D eigenvalue weighted by molar-refractivity contribution is 6.33. The van der Waals surface area contributed by atoms with Gasteiger partial charge in [-0.2, -0.15) is 0 Å². The fourth-order valence-electron chi connectivity index (χ4n) is 4.11. The van der Waals surface area contributed by atoms with Gasteiger partial charge in [0.1, 0.15) is 10.7 Å². The Kier molecular flexibility index (Phi) is 7.05. The first-order valence-electron chi connectivity index (χ1n) is 10.8. The van der Waals surface area contributed by atoms with Gasteiger partial charge in [0.15, 0.2) is 0 Å². The number of nitrogens with one attached hydrogen (secondary N) is 1. The SMILES string of the molecule is Cc1c(-c2ccccc2)ncn1C(CCNc1cccc(Cl)c1[N+](=O)[O-])Cc1ccccc1. The second-order valence-electron chi connectivity index (χ2n) is 7.90. The highest BCUT2D eigenvalue weighted by Crippen LogP contribution is 2.33. The van der Waals surface area contributed by atoms with Crippen molar-refractivity contribution in [1.29, 1.82) is 0 Å². The summed E-state index contributed by atoms with van der Waals surface area (Å²) in [7, 11) is 0. The lowest BCUT2D eigenvalue weighted by Crippen LogP contribution is -2.17. The van der Waals surface area contributed by atoms with Gasteiger partial charge in [-0.25, -0.2) is 4.98 Å². The molecule has 0 aliphatic rings. The second-order valence-corrected chi connectivity index (χ2v) is 8.31. The first-order chi connectivity index (χ1) is 16.0. The molecule has 1 unspecified atom stereocenters. The third-order valence-corrected chi connectivity index (χ3v) is 6.06. The first kappa shape index (κ1) is 22.6. The van der Waals surface area contributed by atoms with Gasteiger partial charge in [0.25, 0.3) is 0 Å². The fraction of sp³-hybridized carbons (Fsp3) is 0.192. The summed E-state index contributed by atoms with van der Waals surface area (Å²) < 4.78 is 2.21. The summed E-state index contributed by atoms with van der Waals surface area (Å²) in [5.74, 6) is 0. The number of nitro benzene ring substituents is 1. The summed E-state index contributed by atoms with van der Waals surface area (Å²) in [6.45, 7) is 2.64. The van der Waals surface area contributed by atoms with Crippen molar-refractivity contribution in [2.45, 2.75) is 25.8 Å². The van der Waals surface area contributed by atoms with E-state index < -0.39 is 4.92 Å². The molecule has 33 heavy (non-hydrogen) atoms. The number of rotatable bonds is 9. The van der Waals surface area contributed by atoms with Crippen molar-refractivity contribution in [3.63, 3.8) is 0 Å². The zero-order valence-electron chi connectivity index (χ0n) is 18.3. The molecule has 0 fully saturated rings.